The zero-order valence-corrected chi connectivity index (χ0v) is 21.1. The molecule has 9 nitrogen and oxygen atoms in total. The molecule has 2 aliphatic heterocycles. The molecule has 0 bridgehead atoms. The molecule has 2 aromatic rings. The van der Waals surface area contributed by atoms with E-state index in [0.717, 1.165) is 48.3 Å². The van der Waals surface area contributed by atoms with Gasteiger partial charge < -0.3 is 35.3 Å². The summed E-state index contributed by atoms with van der Waals surface area (Å²) in [4.78, 5) is 25.2. The lowest BCUT2D eigenvalue weighted by Gasteiger charge is -2.37. The van der Waals surface area contributed by atoms with Gasteiger partial charge >= 0.3 is 6.03 Å². The van der Waals surface area contributed by atoms with E-state index >= 15 is 0 Å². The fourth-order valence-corrected chi connectivity index (χ4v) is 5.71. The lowest BCUT2D eigenvalue weighted by molar-refractivity contribution is -0.142. The Bertz CT molecular complexity index is 1120. The third-order valence-corrected chi connectivity index (χ3v) is 7.53. The van der Waals surface area contributed by atoms with Crippen LogP contribution in [0.2, 0.25) is 0 Å². The summed E-state index contributed by atoms with van der Waals surface area (Å²) in [6, 6.07) is 13.2. The summed E-state index contributed by atoms with van der Waals surface area (Å²) >= 11 is 0. The molecule has 4 N–H and O–H groups in total. The highest BCUT2D eigenvalue weighted by atomic mass is 16.6. The van der Waals surface area contributed by atoms with Crippen LogP contribution < -0.4 is 25.4 Å². The zero-order chi connectivity index (χ0) is 25.8. The van der Waals surface area contributed by atoms with Crippen molar-refractivity contribution in [2.24, 2.45) is 0 Å². The quantitative estimate of drug-likeness (QED) is 0.433. The lowest BCUT2D eigenvalue weighted by atomic mass is 9.84. The minimum atomic E-state index is -0.541. The smallest absolute Gasteiger partial charge is 0.319 e. The number of hydrogen-bond acceptors (Lipinski definition) is 6. The van der Waals surface area contributed by atoms with Crippen molar-refractivity contribution in [1.29, 1.82) is 0 Å². The van der Waals surface area contributed by atoms with E-state index in [0.29, 0.717) is 18.7 Å². The molecule has 0 unspecified atom stereocenters. The second-order valence-corrected chi connectivity index (χ2v) is 10.0. The van der Waals surface area contributed by atoms with E-state index in [1.54, 1.807) is 7.11 Å². The number of fused-ring (bicyclic) bond motifs is 3. The third-order valence-electron chi connectivity index (χ3n) is 7.53. The maximum absolute atomic E-state index is 12.8. The lowest BCUT2D eigenvalue weighted by Crippen LogP contribution is -2.47. The standard InChI is InChI=1S/C28H35N3O6/c1-35-23-9-5-2-6-17(23)15-29-26(33)14-20-13-22-21-12-19(31-28(34)30-18-7-3-4-8-18)10-11-24(21)37-27(22)25(16-32)36-20/h2,5-6,9-12,18,20,22,25,27,32H,3-4,7-8,13-16H2,1H3,(H,29,33)(H2,30,31,34)/t20-,22+,25+,27-/m1/s1. The second-order valence-electron chi connectivity index (χ2n) is 10.0. The van der Waals surface area contributed by atoms with Crippen LogP contribution in [-0.2, 0) is 16.1 Å². The fourth-order valence-electron chi connectivity index (χ4n) is 5.71. The Kier molecular flexibility index (Phi) is 7.81. The van der Waals surface area contributed by atoms with E-state index in [2.05, 4.69) is 16.0 Å². The third kappa shape index (κ3) is 5.83. The summed E-state index contributed by atoms with van der Waals surface area (Å²) in [6.45, 7) is 0.151. The first-order chi connectivity index (χ1) is 18.0. The highest BCUT2D eigenvalue weighted by Crippen LogP contribution is 2.47. The minimum Gasteiger partial charge on any atom is -0.496 e. The van der Waals surface area contributed by atoms with E-state index in [4.69, 9.17) is 14.2 Å². The Morgan fingerprint density at radius 2 is 1.95 bits per heavy atom. The number of nitrogens with one attached hydrogen (secondary N) is 3. The first-order valence-electron chi connectivity index (χ1n) is 13.1. The predicted octanol–water partition coefficient (Wildman–Crippen LogP) is 3.46. The Balaban J connectivity index is 1.22. The van der Waals surface area contributed by atoms with Gasteiger partial charge in [-0.2, -0.15) is 0 Å². The minimum absolute atomic E-state index is 0.0486. The Morgan fingerprint density at radius 3 is 2.73 bits per heavy atom. The molecule has 3 aliphatic rings. The summed E-state index contributed by atoms with van der Waals surface area (Å²) in [5.41, 5.74) is 2.55. The van der Waals surface area contributed by atoms with Gasteiger partial charge in [-0.3, -0.25) is 4.79 Å². The van der Waals surface area contributed by atoms with E-state index in [9.17, 15) is 14.7 Å². The van der Waals surface area contributed by atoms with Gasteiger partial charge in [0.25, 0.3) is 0 Å². The number of ether oxygens (including phenoxy) is 3. The molecule has 1 aliphatic carbocycles. The molecule has 1 saturated carbocycles. The van der Waals surface area contributed by atoms with Crippen LogP contribution in [0.15, 0.2) is 42.5 Å². The van der Waals surface area contributed by atoms with Crippen LogP contribution >= 0.6 is 0 Å². The van der Waals surface area contributed by atoms with Crippen molar-refractivity contribution in [3.05, 3.63) is 53.6 Å². The highest BCUT2D eigenvalue weighted by molar-refractivity contribution is 5.89. The molecule has 2 heterocycles. The number of para-hydroxylation sites is 1. The van der Waals surface area contributed by atoms with Crippen LogP contribution in [0.3, 0.4) is 0 Å². The Labute approximate surface area is 216 Å². The van der Waals surface area contributed by atoms with Gasteiger partial charge in [-0.1, -0.05) is 31.0 Å². The van der Waals surface area contributed by atoms with Crippen molar-refractivity contribution in [3.8, 4) is 11.5 Å². The average Bonchev–Trinajstić information content (AvgIpc) is 3.54. The molecule has 37 heavy (non-hydrogen) atoms. The molecule has 9 heteroatoms. The number of carbonyl (C=O) groups is 2. The maximum Gasteiger partial charge on any atom is 0.319 e. The largest absolute Gasteiger partial charge is 0.496 e. The first kappa shape index (κ1) is 25.4. The van der Waals surface area contributed by atoms with E-state index in [1.807, 2.05) is 42.5 Å². The van der Waals surface area contributed by atoms with Crippen LogP contribution in [0.1, 0.15) is 55.6 Å². The van der Waals surface area contributed by atoms with Crippen molar-refractivity contribution >= 4 is 17.6 Å². The molecule has 2 fully saturated rings. The maximum atomic E-state index is 12.8. The zero-order valence-electron chi connectivity index (χ0n) is 21.1. The summed E-state index contributed by atoms with van der Waals surface area (Å²) < 4.78 is 17.6. The van der Waals surface area contributed by atoms with E-state index < -0.39 is 6.10 Å². The SMILES string of the molecule is COc1ccccc1CNC(=O)C[C@H]1C[C@H]2c3cc(NC(=O)NC4CCCC4)ccc3O[C@H]2[C@H](CO)O1. The van der Waals surface area contributed by atoms with E-state index in [-0.39, 0.29) is 49.1 Å². The van der Waals surface area contributed by atoms with Crippen molar-refractivity contribution < 1.29 is 28.9 Å². The number of benzene rings is 2. The number of amides is 3. The summed E-state index contributed by atoms with van der Waals surface area (Å²) in [5, 5.41) is 18.9. The van der Waals surface area contributed by atoms with Crippen LogP contribution in [0.25, 0.3) is 0 Å². The first-order valence-corrected chi connectivity index (χ1v) is 13.1. The Morgan fingerprint density at radius 1 is 1.14 bits per heavy atom. The number of rotatable bonds is 8. The molecular weight excluding hydrogens is 474 g/mol. The van der Waals surface area contributed by atoms with Gasteiger partial charge in [-0.25, -0.2) is 4.79 Å². The molecule has 0 radical (unpaired) electrons. The molecule has 5 rings (SSSR count). The number of methoxy groups -OCH3 is 1. The van der Waals surface area contributed by atoms with Crippen molar-refractivity contribution in [3.63, 3.8) is 0 Å². The van der Waals surface area contributed by atoms with Crippen LogP contribution in [0.4, 0.5) is 10.5 Å². The molecule has 198 valence electrons. The van der Waals surface area contributed by atoms with Crippen molar-refractivity contribution in [2.75, 3.05) is 19.0 Å². The number of urea groups is 1. The van der Waals surface area contributed by atoms with Gasteiger partial charge in [0.2, 0.25) is 5.91 Å². The number of aliphatic hydroxyl groups excluding tert-OH is 1. The predicted molar refractivity (Wildman–Crippen MR) is 138 cm³/mol. The summed E-state index contributed by atoms with van der Waals surface area (Å²) in [6.07, 6.45) is 3.84. The number of anilines is 1. The van der Waals surface area contributed by atoms with Gasteiger partial charge in [0.05, 0.1) is 26.2 Å². The second kappa shape index (κ2) is 11.4. The van der Waals surface area contributed by atoms with Crippen molar-refractivity contribution in [1.82, 2.24) is 10.6 Å². The molecule has 2 aromatic carbocycles. The van der Waals surface area contributed by atoms with Gasteiger partial charge in [0, 0.05) is 35.3 Å². The van der Waals surface area contributed by atoms with Gasteiger partial charge in [0.15, 0.2) is 0 Å². The van der Waals surface area contributed by atoms with Crippen LogP contribution in [-0.4, -0.2) is 55.1 Å². The molecule has 1 saturated heterocycles. The normalized spacial score (nSPS) is 24.5. The number of hydrogen-bond donors (Lipinski definition) is 4. The molecule has 0 spiro atoms. The molecule has 3 amide bonds. The summed E-state index contributed by atoms with van der Waals surface area (Å²) in [5.74, 6) is 1.26. The monoisotopic (exact) mass is 509 g/mol. The molecular formula is C28H35N3O6. The number of carbonyl (C=O) groups excluding carboxylic acids is 2. The summed E-state index contributed by atoms with van der Waals surface area (Å²) in [7, 11) is 1.60. The average molecular weight is 510 g/mol. The number of aliphatic hydroxyl groups is 1. The van der Waals surface area contributed by atoms with Gasteiger partial charge in [0.1, 0.15) is 23.7 Å². The van der Waals surface area contributed by atoms with Crippen LogP contribution in [0, 0.1) is 0 Å². The topological polar surface area (TPSA) is 118 Å². The van der Waals surface area contributed by atoms with Crippen molar-refractivity contribution in [2.45, 2.75) is 75.3 Å². The van der Waals surface area contributed by atoms with E-state index in [1.165, 1.54) is 0 Å². The fraction of sp³-hybridized carbons (Fsp3) is 0.500. The highest BCUT2D eigenvalue weighted by Gasteiger charge is 2.46. The van der Waals surface area contributed by atoms with Crippen LogP contribution in [0.5, 0.6) is 11.5 Å². The van der Waals surface area contributed by atoms with Gasteiger partial charge in [-0.05, 0) is 43.5 Å². The molecule has 0 aromatic heterocycles. The Hall–Kier alpha value is -3.30. The van der Waals surface area contributed by atoms with Gasteiger partial charge in [-0.15, -0.1) is 0 Å². The molecule has 4 atom stereocenters.